The second kappa shape index (κ2) is 8.20. The zero-order chi connectivity index (χ0) is 22.1. The largest absolute Gasteiger partial charge is 0.493 e. The summed E-state index contributed by atoms with van der Waals surface area (Å²) in [5.74, 6) is 1.86. The Morgan fingerprint density at radius 2 is 1.69 bits per heavy atom. The molecular formula is C26H24N2O3S. The Hall–Kier alpha value is -3.51. The van der Waals surface area contributed by atoms with Gasteiger partial charge in [0.25, 0.3) is 0 Å². The van der Waals surface area contributed by atoms with E-state index in [1.165, 1.54) is 5.56 Å². The van der Waals surface area contributed by atoms with Gasteiger partial charge >= 0.3 is 0 Å². The standard InChI is InChI=1S/C26H24N2O3S/c1-29-22-13-19(14-23(30-2)25(22)31-3)26(18-7-5-4-6-8-18)11-9-20-21(15-26)27-28-24(20)17-10-12-32-16-17/h4-14,16H,15H2,1-3H3,(H,27,28). The molecule has 0 aliphatic heterocycles. The summed E-state index contributed by atoms with van der Waals surface area (Å²) in [6.45, 7) is 0. The highest BCUT2D eigenvalue weighted by Gasteiger charge is 2.38. The minimum Gasteiger partial charge on any atom is -0.493 e. The highest BCUT2D eigenvalue weighted by atomic mass is 32.1. The molecule has 2 aromatic heterocycles. The normalized spacial score (nSPS) is 17.1. The second-order valence-electron chi connectivity index (χ2n) is 7.74. The number of nitrogens with zero attached hydrogens (tertiary/aromatic N) is 1. The molecule has 0 saturated heterocycles. The first-order valence-corrected chi connectivity index (χ1v) is 11.3. The number of H-pyrrole nitrogens is 1. The first kappa shape index (κ1) is 20.4. The summed E-state index contributed by atoms with van der Waals surface area (Å²) >= 11 is 1.68. The molecule has 0 spiro atoms. The van der Waals surface area contributed by atoms with Crippen molar-refractivity contribution >= 4 is 17.4 Å². The lowest BCUT2D eigenvalue weighted by molar-refractivity contribution is 0.323. The number of hydrogen-bond donors (Lipinski definition) is 1. The van der Waals surface area contributed by atoms with Gasteiger partial charge in [0, 0.05) is 34.0 Å². The summed E-state index contributed by atoms with van der Waals surface area (Å²) < 4.78 is 16.9. The molecule has 2 aromatic carbocycles. The molecule has 0 bridgehead atoms. The van der Waals surface area contributed by atoms with Gasteiger partial charge in [-0.05, 0) is 34.7 Å². The molecule has 0 fully saturated rings. The van der Waals surface area contributed by atoms with Crippen LogP contribution in [-0.4, -0.2) is 31.5 Å². The molecule has 6 heteroatoms. The first-order chi connectivity index (χ1) is 15.7. The average molecular weight is 445 g/mol. The third kappa shape index (κ3) is 3.19. The summed E-state index contributed by atoms with van der Waals surface area (Å²) in [5, 5.41) is 12.2. The monoisotopic (exact) mass is 444 g/mol. The van der Waals surface area contributed by atoms with E-state index in [0.29, 0.717) is 17.2 Å². The molecule has 1 unspecified atom stereocenters. The fourth-order valence-corrected chi connectivity index (χ4v) is 5.16. The maximum absolute atomic E-state index is 5.67. The van der Waals surface area contributed by atoms with Gasteiger partial charge < -0.3 is 14.2 Å². The third-order valence-electron chi connectivity index (χ3n) is 6.14. The average Bonchev–Trinajstić information content (AvgIpc) is 3.52. The van der Waals surface area contributed by atoms with Crippen LogP contribution in [0, 0.1) is 0 Å². The fraction of sp³-hybridized carbons (Fsp3) is 0.192. The van der Waals surface area contributed by atoms with E-state index in [4.69, 9.17) is 14.2 Å². The van der Waals surface area contributed by atoms with Crippen LogP contribution in [0.5, 0.6) is 17.2 Å². The minimum absolute atomic E-state index is 0.417. The summed E-state index contributed by atoms with van der Waals surface area (Å²) in [5.41, 5.74) is 6.20. The summed E-state index contributed by atoms with van der Waals surface area (Å²) in [4.78, 5) is 0. The number of thiophene rings is 1. The lowest BCUT2D eigenvalue weighted by Gasteiger charge is -2.35. The fourth-order valence-electron chi connectivity index (χ4n) is 4.52. The molecule has 5 rings (SSSR count). The van der Waals surface area contributed by atoms with Gasteiger partial charge in [-0.15, -0.1) is 0 Å². The molecule has 162 valence electrons. The SMILES string of the molecule is COc1cc(C2(c3ccccc3)C=Cc3c(-c4ccsc4)n[nH]c3C2)cc(OC)c1OC. The van der Waals surface area contributed by atoms with Gasteiger partial charge in [-0.2, -0.15) is 16.4 Å². The van der Waals surface area contributed by atoms with Crippen LogP contribution in [0.3, 0.4) is 0 Å². The summed E-state index contributed by atoms with van der Waals surface area (Å²) in [6.07, 6.45) is 5.20. The van der Waals surface area contributed by atoms with Crippen molar-refractivity contribution in [1.29, 1.82) is 0 Å². The number of nitrogens with one attached hydrogen (secondary N) is 1. The van der Waals surface area contributed by atoms with Crippen LogP contribution in [0.25, 0.3) is 17.3 Å². The highest BCUT2D eigenvalue weighted by Crippen LogP contribution is 2.48. The van der Waals surface area contributed by atoms with E-state index in [1.807, 2.05) is 18.2 Å². The highest BCUT2D eigenvalue weighted by molar-refractivity contribution is 7.08. The Morgan fingerprint density at radius 1 is 0.938 bits per heavy atom. The lowest BCUT2D eigenvalue weighted by Crippen LogP contribution is -2.30. The van der Waals surface area contributed by atoms with Gasteiger partial charge in [0.2, 0.25) is 5.75 Å². The topological polar surface area (TPSA) is 56.4 Å². The Morgan fingerprint density at radius 3 is 2.31 bits per heavy atom. The molecule has 2 heterocycles. The van der Waals surface area contributed by atoms with Gasteiger partial charge in [0.05, 0.1) is 21.3 Å². The summed E-state index contributed by atoms with van der Waals surface area (Å²) in [7, 11) is 4.91. The van der Waals surface area contributed by atoms with E-state index in [2.05, 4.69) is 63.4 Å². The van der Waals surface area contributed by atoms with E-state index < -0.39 is 5.41 Å². The zero-order valence-corrected chi connectivity index (χ0v) is 19.0. The van der Waals surface area contributed by atoms with E-state index in [-0.39, 0.29) is 0 Å². The molecular weight excluding hydrogens is 420 g/mol. The van der Waals surface area contributed by atoms with Crippen LogP contribution in [0.2, 0.25) is 0 Å². The maximum atomic E-state index is 5.67. The number of aromatic amines is 1. The Balaban J connectivity index is 1.70. The molecule has 1 aliphatic rings. The predicted octanol–water partition coefficient (Wildman–Crippen LogP) is 5.72. The summed E-state index contributed by atoms with van der Waals surface area (Å²) in [6, 6.07) is 16.7. The Kier molecular flexibility index (Phi) is 5.23. The number of fused-ring (bicyclic) bond motifs is 1. The van der Waals surface area contributed by atoms with E-state index in [0.717, 1.165) is 34.5 Å². The van der Waals surface area contributed by atoms with Crippen molar-refractivity contribution in [2.24, 2.45) is 0 Å². The molecule has 0 radical (unpaired) electrons. The van der Waals surface area contributed by atoms with Crippen LogP contribution in [0.4, 0.5) is 0 Å². The number of allylic oxidation sites excluding steroid dienone is 1. The van der Waals surface area contributed by atoms with Gasteiger partial charge in [0.1, 0.15) is 5.69 Å². The van der Waals surface area contributed by atoms with Gasteiger partial charge in [-0.3, -0.25) is 5.10 Å². The van der Waals surface area contributed by atoms with Crippen molar-refractivity contribution < 1.29 is 14.2 Å². The molecule has 0 amide bonds. The van der Waals surface area contributed by atoms with E-state index >= 15 is 0 Å². The lowest BCUT2D eigenvalue weighted by atomic mass is 9.68. The van der Waals surface area contributed by atoms with Crippen molar-refractivity contribution in [3.63, 3.8) is 0 Å². The predicted molar refractivity (Wildman–Crippen MR) is 128 cm³/mol. The van der Waals surface area contributed by atoms with Crippen molar-refractivity contribution in [2.45, 2.75) is 11.8 Å². The number of hydrogen-bond acceptors (Lipinski definition) is 5. The van der Waals surface area contributed by atoms with Crippen molar-refractivity contribution in [2.75, 3.05) is 21.3 Å². The van der Waals surface area contributed by atoms with Crippen LogP contribution >= 0.6 is 11.3 Å². The number of methoxy groups -OCH3 is 3. The Labute approximate surface area is 191 Å². The van der Waals surface area contributed by atoms with Gasteiger partial charge in [-0.25, -0.2) is 0 Å². The number of ether oxygens (including phenoxy) is 3. The minimum atomic E-state index is -0.417. The molecule has 0 saturated carbocycles. The van der Waals surface area contributed by atoms with Crippen molar-refractivity contribution in [3.05, 3.63) is 87.8 Å². The molecule has 4 aromatic rings. The smallest absolute Gasteiger partial charge is 0.203 e. The number of benzene rings is 2. The Bertz CT molecular complexity index is 1240. The maximum Gasteiger partial charge on any atom is 0.203 e. The second-order valence-corrected chi connectivity index (χ2v) is 8.52. The third-order valence-corrected chi connectivity index (χ3v) is 6.82. The van der Waals surface area contributed by atoms with E-state index in [9.17, 15) is 0 Å². The first-order valence-electron chi connectivity index (χ1n) is 10.3. The number of rotatable bonds is 6. The molecule has 5 nitrogen and oxygen atoms in total. The number of aromatic nitrogens is 2. The van der Waals surface area contributed by atoms with Crippen molar-refractivity contribution in [1.82, 2.24) is 10.2 Å². The van der Waals surface area contributed by atoms with Crippen molar-refractivity contribution in [3.8, 4) is 28.5 Å². The van der Waals surface area contributed by atoms with Crippen LogP contribution in [-0.2, 0) is 11.8 Å². The van der Waals surface area contributed by atoms with Crippen LogP contribution in [0.1, 0.15) is 22.4 Å². The van der Waals surface area contributed by atoms with Crippen LogP contribution in [0.15, 0.2) is 65.4 Å². The van der Waals surface area contributed by atoms with Gasteiger partial charge in [0.15, 0.2) is 11.5 Å². The zero-order valence-electron chi connectivity index (χ0n) is 18.2. The van der Waals surface area contributed by atoms with E-state index in [1.54, 1.807) is 32.7 Å². The molecule has 32 heavy (non-hydrogen) atoms. The quantitative estimate of drug-likeness (QED) is 0.413. The van der Waals surface area contributed by atoms with Crippen LogP contribution < -0.4 is 14.2 Å². The van der Waals surface area contributed by atoms with Gasteiger partial charge in [-0.1, -0.05) is 42.5 Å². The molecule has 1 N–H and O–H groups in total. The molecule has 1 atom stereocenters. The molecule has 1 aliphatic carbocycles.